The van der Waals surface area contributed by atoms with Gasteiger partial charge in [0, 0.05) is 20.7 Å². The lowest BCUT2D eigenvalue weighted by atomic mass is 10.1. The fourth-order valence-electron chi connectivity index (χ4n) is 1.89. The normalized spacial score (nSPS) is 12.8. The molecule has 1 unspecified atom stereocenters. The first-order chi connectivity index (χ1) is 8.15. The number of methoxy groups -OCH3 is 2. The highest BCUT2D eigenvalue weighted by Crippen LogP contribution is 2.27. The molecule has 0 aliphatic rings. The number of aromatic nitrogens is 2. The van der Waals surface area contributed by atoms with Crippen LogP contribution in [-0.4, -0.2) is 48.9 Å². The number of ether oxygens (including phenoxy) is 2. The second-order valence-corrected chi connectivity index (χ2v) is 3.81. The smallest absolute Gasteiger partial charge is 0.216 e. The summed E-state index contributed by atoms with van der Waals surface area (Å²) in [5.41, 5.74) is 1.75. The molecule has 1 heterocycles. The number of hydrogen-bond donors (Lipinski definition) is 2. The van der Waals surface area contributed by atoms with Crippen LogP contribution >= 0.6 is 0 Å². The van der Waals surface area contributed by atoms with Crippen LogP contribution < -0.4 is 10.1 Å². The lowest BCUT2D eigenvalue weighted by Gasteiger charge is -2.17. The molecule has 1 aromatic rings. The van der Waals surface area contributed by atoms with Gasteiger partial charge in [0.25, 0.3) is 0 Å². The molecule has 0 saturated heterocycles. The van der Waals surface area contributed by atoms with Crippen molar-refractivity contribution in [3.8, 4) is 5.88 Å². The third-order valence-electron chi connectivity index (χ3n) is 2.64. The van der Waals surface area contributed by atoms with E-state index in [1.807, 2.05) is 14.0 Å². The number of nitrogens with zero attached hydrogens (tertiary/aromatic N) is 2. The summed E-state index contributed by atoms with van der Waals surface area (Å²) >= 11 is 0. The van der Waals surface area contributed by atoms with E-state index < -0.39 is 0 Å². The van der Waals surface area contributed by atoms with E-state index in [2.05, 4.69) is 10.4 Å². The Balaban J connectivity index is 2.86. The number of aryl methyl sites for hydroxylation is 2. The van der Waals surface area contributed by atoms with Crippen molar-refractivity contribution in [2.24, 2.45) is 7.05 Å². The van der Waals surface area contributed by atoms with Crippen molar-refractivity contribution in [2.75, 3.05) is 34.0 Å². The Morgan fingerprint density at radius 2 is 2.18 bits per heavy atom. The first-order valence-electron chi connectivity index (χ1n) is 5.56. The lowest BCUT2D eigenvalue weighted by molar-refractivity contribution is 0.183. The highest BCUT2D eigenvalue weighted by atomic mass is 16.5. The second kappa shape index (κ2) is 6.58. The van der Waals surface area contributed by atoms with E-state index in [0.717, 1.165) is 11.3 Å². The second-order valence-electron chi connectivity index (χ2n) is 3.81. The highest BCUT2D eigenvalue weighted by molar-refractivity contribution is 5.34. The number of rotatable bonds is 7. The molecule has 0 aliphatic heterocycles. The Morgan fingerprint density at radius 3 is 2.71 bits per heavy atom. The van der Waals surface area contributed by atoms with Crippen LogP contribution in [0.2, 0.25) is 0 Å². The fourth-order valence-corrected chi connectivity index (χ4v) is 1.89. The predicted octanol–water partition coefficient (Wildman–Crippen LogP) is 0.00652. The largest absolute Gasteiger partial charge is 0.481 e. The van der Waals surface area contributed by atoms with Crippen LogP contribution in [0.5, 0.6) is 5.88 Å². The van der Waals surface area contributed by atoms with Gasteiger partial charge in [-0.15, -0.1) is 0 Å². The van der Waals surface area contributed by atoms with Crippen LogP contribution in [0.4, 0.5) is 0 Å². The molecule has 6 nitrogen and oxygen atoms in total. The monoisotopic (exact) mass is 243 g/mol. The molecule has 0 fully saturated rings. The lowest BCUT2D eigenvalue weighted by Crippen LogP contribution is -2.28. The molecule has 0 radical (unpaired) electrons. The first kappa shape index (κ1) is 14.0. The summed E-state index contributed by atoms with van der Waals surface area (Å²) in [7, 11) is 5.06. The third-order valence-corrected chi connectivity index (χ3v) is 2.64. The molecule has 0 aromatic carbocycles. The van der Waals surface area contributed by atoms with Crippen molar-refractivity contribution < 1.29 is 14.6 Å². The van der Waals surface area contributed by atoms with E-state index in [0.29, 0.717) is 19.0 Å². The summed E-state index contributed by atoms with van der Waals surface area (Å²) in [5.74, 6) is 0.673. The van der Waals surface area contributed by atoms with E-state index in [1.165, 1.54) is 0 Å². The zero-order chi connectivity index (χ0) is 12.8. The van der Waals surface area contributed by atoms with Crippen molar-refractivity contribution in [3.63, 3.8) is 0 Å². The van der Waals surface area contributed by atoms with Crippen molar-refractivity contribution in [2.45, 2.75) is 13.0 Å². The molecular formula is C11H21N3O3. The Kier molecular flexibility index (Phi) is 5.40. The quantitative estimate of drug-likeness (QED) is 0.660. The van der Waals surface area contributed by atoms with Gasteiger partial charge in [-0.2, -0.15) is 5.10 Å². The number of hydrogen-bond acceptors (Lipinski definition) is 5. The van der Waals surface area contributed by atoms with Gasteiger partial charge >= 0.3 is 0 Å². The van der Waals surface area contributed by atoms with Crippen LogP contribution in [0.15, 0.2) is 0 Å². The third kappa shape index (κ3) is 3.18. The number of aliphatic hydroxyl groups excluding tert-OH is 1. The minimum absolute atomic E-state index is 0.00733. The maximum Gasteiger partial charge on any atom is 0.216 e. The van der Waals surface area contributed by atoms with Gasteiger partial charge in [0.2, 0.25) is 5.88 Å². The summed E-state index contributed by atoms with van der Waals surface area (Å²) in [4.78, 5) is 0. The molecule has 1 atom stereocenters. The molecule has 0 amide bonds. The summed E-state index contributed by atoms with van der Waals surface area (Å²) in [5, 5.41) is 16.9. The van der Waals surface area contributed by atoms with Crippen LogP contribution in [0.3, 0.4) is 0 Å². The molecule has 1 rings (SSSR count). The summed E-state index contributed by atoms with van der Waals surface area (Å²) in [6, 6.07) is -0.186. The zero-order valence-corrected chi connectivity index (χ0v) is 10.9. The van der Waals surface area contributed by atoms with E-state index in [-0.39, 0.29) is 12.6 Å². The van der Waals surface area contributed by atoms with Gasteiger partial charge in [-0.25, -0.2) is 4.68 Å². The van der Waals surface area contributed by atoms with E-state index >= 15 is 0 Å². The maximum absolute atomic E-state index is 9.44. The molecule has 0 spiro atoms. The minimum atomic E-state index is -0.186. The average Bonchev–Trinajstić information content (AvgIpc) is 2.59. The molecule has 6 heteroatoms. The van der Waals surface area contributed by atoms with Gasteiger partial charge in [-0.1, -0.05) is 0 Å². The Morgan fingerprint density at radius 1 is 1.47 bits per heavy atom. The van der Waals surface area contributed by atoms with Crippen LogP contribution in [0.1, 0.15) is 17.3 Å². The van der Waals surface area contributed by atoms with Gasteiger partial charge in [0.1, 0.15) is 0 Å². The molecule has 0 saturated carbocycles. The summed E-state index contributed by atoms with van der Waals surface area (Å²) < 4.78 is 11.9. The molecule has 0 aliphatic carbocycles. The van der Waals surface area contributed by atoms with Gasteiger partial charge < -0.3 is 19.9 Å². The number of aliphatic hydroxyl groups is 1. The zero-order valence-electron chi connectivity index (χ0n) is 10.9. The van der Waals surface area contributed by atoms with Crippen LogP contribution in [-0.2, 0) is 11.8 Å². The molecule has 17 heavy (non-hydrogen) atoms. The standard InChI is InChI=1S/C11H21N3O3/c1-8-10(11(17-4)14(2)13-8)9(7-15)12-5-6-16-3/h9,12,15H,5-7H2,1-4H3. The molecule has 98 valence electrons. The highest BCUT2D eigenvalue weighted by Gasteiger charge is 2.22. The van der Waals surface area contributed by atoms with Crippen LogP contribution in [0.25, 0.3) is 0 Å². The summed E-state index contributed by atoms with van der Waals surface area (Å²) in [6.45, 7) is 3.16. The predicted molar refractivity (Wildman–Crippen MR) is 64.2 cm³/mol. The Hall–Kier alpha value is -1.11. The first-order valence-corrected chi connectivity index (χ1v) is 5.56. The van der Waals surface area contributed by atoms with Gasteiger partial charge in [-0.05, 0) is 6.92 Å². The van der Waals surface area contributed by atoms with Crippen LogP contribution in [0, 0.1) is 6.92 Å². The molecule has 1 aromatic heterocycles. The van der Waals surface area contributed by atoms with E-state index in [4.69, 9.17) is 9.47 Å². The molecule has 2 N–H and O–H groups in total. The minimum Gasteiger partial charge on any atom is -0.481 e. The SMILES string of the molecule is COCCNC(CO)c1c(C)nn(C)c1OC. The van der Waals surface area contributed by atoms with Crippen molar-refractivity contribution in [1.29, 1.82) is 0 Å². The molecular weight excluding hydrogens is 222 g/mol. The van der Waals surface area contributed by atoms with Crippen molar-refractivity contribution >= 4 is 0 Å². The van der Waals surface area contributed by atoms with Gasteiger partial charge in [0.05, 0.1) is 37.6 Å². The Labute approximate surface area is 102 Å². The van der Waals surface area contributed by atoms with Crippen molar-refractivity contribution in [1.82, 2.24) is 15.1 Å². The summed E-state index contributed by atoms with van der Waals surface area (Å²) in [6.07, 6.45) is 0. The average molecular weight is 243 g/mol. The van der Waals surface area contributed by atoms with Crippen molar-refractivity contribution in [3.05, 3.63) is 11.3 Å². The maximum atomic E-state index is 9.44. The van der Waals surface area contributed by atoms with Gasteiger partial charge in [-0.3, -0.25) is 0 Å². The van der Waals surface area contributed by atoms with Gasteiger partial charge in [0.15, 0.2) is 0 Å². The Bertz CT molecular complexity index is 352. The molecule has 0 bridgehead atoms. The fraction of sp³-hybridized carbons (Fsp3) is 0.727. The topological polar surface area (TPSA) is 68.5 Å². The number of nitrogens with one attached hydrogen (secondary N) is 1. The van der Waals surface area contributed by atoms with E-state index in [1.54, 1.807) is 18.9 Å². The van der Waals surface area contributed by atoms with E-state index in [9.17, 15) is 5.11 Å².